The summed E-state index contributed by atoms with van der Waals surface area (Å²) in [7, 11) is 0. The van der Waals surface area contributed by atoms with Gasteiger partial charge in [-0.2, -0.15) is 0 Å². The number of rotatable bonds is 6. The van der Waals surface area contributed by atoms with E-state index in [1.165, 1.54) is 13.1 Å². The quantitative estimate of drug-likeness (QED) is 0.374. The van der Waals surface area contributed by atoms with Crippen LogP contribution in [0.5, 0.6) is 0 Å². The molecule has 0 atom stereocenters. The van der Waals surface area contributed by atoms with Crippen molar-refractivity contribution in [2.45, 2.75) is 13.3 Å². The van der Waals surface area contributed by atoms with Crippen molar-refractivity contribution < 1.29 is 14.5 Å². The summed E-state index contributed by atoms with van der Waals surface area (Å²) in [5.74, 6) is -0.350. The van der Waals surface area contributed by atoms with Crippen LogP contribution in [0, 0.1) is 10.1 Å². The van der Waals surface area contributed by atoms with Crippen molar-refractivity contribution in [1.29, 1.82) is 0 Å². The zero-order chi connectivity index (χ0) is 15.2. The summed E-state index contributed by atoms with van der Waals surface area (Å²) in [5, 5.41) is 14.0. The Morgan fingerprint density at radius 2 is 2.29 bits per heavy atom. The topological polar surface area (TPSA) is 107 Å². The molecule has 0 amide bonds. The Bertz CT molecular complexity index is 674. The molecule has 0 aliphatic carbocycles. The molecule has 0 saturated heterocycles. The van der Waals surface area contributed by atoms with Gasteiger partial charge in [0.1, 0.15) is 17.4 Å². The second-order valence-corrected chi connectivity index (χ2v) is 4.27. The van der Waals surface area contributed by atoms with E-state index >= 15 is 0 Å². The SMILES string of the molecule is CC(=O)OCCCNc1c([N+](=O)[O-])cnc2cccnc12. The molecule has 0 aliphatic heterocycles. The number of esters is 1. The molecule has 2 heterocycles. The van der Waals surface area contributed by atoms with Gasteiger partial charge in [-0.05, 0) is 18.6 Å². The summed E-state index contributed by atoms with van der Waals surface area (Å²) in [6, 6.07) is 3.45. The molecule has 8 nitrogen and oxygen atoms in total. The van der Waals surface area contributed by atoms with Gasteiger partial charge in [-0.3, -0.25) is 19.9 Å². The number of aromatic nitrogens is 2. The van der Waals surface area contributed by atoms with Gasteiger partial charge in [0.2, 0.25) is 0 Å². The number of pyridine rings is 2. The van der Waals surface area contributed by atoms with Gasteiger partial charge >= 0.3 is 11.7 Å². The Hall–Kier alpha value is -2.77. The summed E-state index contributed by atoms with van der Waals surface area (Å²) in [6.07, 6.45) is 3.30. The first-order valence-corrected chi connectivity index (χ1v) is 6.35. The van der Waals surface area contributed by atoms with Crippen molar-refractivity contribution in [2.75, 3.05) is 18.5 Å². The van der Waals surface area contributed by atoms with Gasteiger partial charge in [-0.15, -0.1) is 0 Å². The fourth-order valence-corrected chi connectivity index (χ4v) is 1.82. The molecule has 0 aromatic carbocycles. The molecular weight excluding hydrogens is 276 g/mol. The number of nitrogens with one attached hydrogen (secondary N) is 1. The second kappa shape index (κ2) is 6.60. The number of nitro groups is 1. The predicted octanol–water partition coefficient (Wildman–Crippen LogP) is 1.90. The standard InChI is InChI=1S/C13H14N4O4/c1-9(18)21-7-3-6-15-13-11(17(19)20)8-16-10-4-2-5-14-12(10)13/h2,4-5,8H,3,6-7H2,1H3,(H,15,16). The minimum absolute atomic E-state index is 0.131. The lowest BCUT2D eigenvalue weighted by Gasteiger charge is -2.09. The summed E-state index contributed by atoms with van der Waals surface area (Å²) in [6.45, 7) is 2.01. The van der Waals surface area contributed by atoms with E-state index in [2.05, 4.69) is 15.3 Å². The molecule has 0 bridgehead atoms. The lowest BCUT2D eigenvalue weighted by Crippen LogP contribution is -2.10. The van der Waals surface area contributed by atoms with Crippen molar-refractivity contribution in [1.82, 2.24) is 9.97 Å². The van der Waals surface area contributed by atoms with E-state index in [9.17, 15) is 14.9 Å². The molecular formula is C13H14N4O4. The molecule has 2 aromatic rings. The summed E-state index contributed by atoms with van der Waals surface area (Å²) >= 11 is 0. The third-order valence-electron chi connectivity index (χ3n) is 2.73. The average molecular weight is 290 g/mol. The normalized spacial score (nSPS) is 10.3. The zero-order valence-corrected chi connectivity index (χ0v) is 11.4. The molecule has 2 aromatic heterocycles. The van der Waals surface area contributed by atoms with Crippen LogP contribution >= 0.6 is 0 Å². The van der Waals surface area contributed by atoms with Crippen molar-refractivity contribution in [3.63, 3.8) is 0 Å². The number of ether oxygens (including phenoxy) is 1. The van der Waals surface area contributed by atoms with Crippen LogP contribution in [0.25, 0.3) is 11.0 Å². The Morgan fingerprint density at radius 3 is 3.00 bits per heavy atom. The number of fused-ring (bicyclic) bond motifs is 1. The fourth-order valence-electron chi connectivity index (χ4n) is 1.82. The van der Waals surface area contributed by atoms with Gasteiger partial charge < -0.3 is 10.1 Å². The highest BCUT2D eigenvalue weighted by molar-refractivity contribution is 5.92. The molecule has 0 spiro atoms. The fraction of sp³-hybridized carbons (Fsp3) is 0.308. The molecule has 0 radical (unpaired) electrons. The third kappa shape index (κ3) is 3.62. The lowest BCUT2D eigenvalue weighted by molar-refractivity contribution is -0.384. The van der Waals surface area contributed by atoms with E-state index in [0.717, 1.165) is 0 Å². The van der Waals surface area contributed by atoms with Crippen LogP contribution in [0.3, 0.4) is 0 Å². The molecule has 1 N–H and O–H groups in total. The maximum absolute atomic E-state index is 11.1. The molecule has 0 unspecified atom stereocenters. The molecule has 0 fully saturated rings. The predicted molar refractivity (Wildman–Crippen MR) is 75.9 cm³/mol. The Kier molecular flexibility index (Phi) is 4.60. The van der Waals surface area contributed by atoms with Gasteiger partial charge in [0.25, 0.3) is 0 Å². The summed E-state index contributed by atoms with van der Waals surface area (Å²) in [4.78, 5) is 29.4. The highest BCUT2D eigenvalue weighted by Gasteiger charge is 2.18. The van der Waals surface area contributed by atoms with Gasteiger partial charge in [0, 0.05) is 19.7 Å². The van der Waals surface area contributed by atoms with Crippen molar-refractivity contribution in [3.05, 3.63) is 34.6 Å². The maximum Gasteiger partial charge on any atom is 0.312 e. The Labute approximate surface area is 120 Å². The summed E-state index contributed by atoms with van der Waals surface area (Å²) < 4.78 is 4.80. The zero-order valence-electron chi connectivity index (χ0n) is 11.4. The van der Waals surface area contributed by atoms with E-state index in [0.29, 0.717) is 29.7 Å². The van der Waals surface area contributed by atoms with Crippen LogP contribution in [0.2, 0.25) is 0 Å². The lowest BCUT2D eigenvalue weighted by atomic mass is 10.2. The number of carbonyl (C=O) groups is 1. The van der Waals surface area contributed by atoms with E-state index in [1.807, 2.05) is 0 Å². The number of carbonyl (C=O) groups excluding carboxylic acids is 1. The highest BCUT2D eigenvalue weighted by atomic mass is 16.6. The first-order valence-electron chi connectivity index (χ1n) is 6.35. The van der Waals surface area contributed by atoms with E-state index in [-0.39, 0.29) is 18.3 Å². The maximum atomic E-state index is 11.1. The van der Waals surface area contributed by atoms with Crippen LogP contribution in [0.1, 0.15) is 13.3 Å². The number of anilines is 1. The molecule has 0 saturated carbocycles. The number of nitrogens with zero attached hydrogens (tertiary/aromatic N) is 3. The minimum Gasteiger partial charge on any atom is -0.466 e. The monoisotopic (exact) mass is 290 g/mol. The molecule has 110 valence electrons. The van der Waals surface area contributed by atoms with Crippen molar-refractivity contribution in [2.24, 2.45) is 0 Å². The van der Waals surface area contributed by atoms with Crippen LogP contribution in [-0.2, 0) is 9.53 Å². The Balaban J connectivity index is 2.17. The van der Waals surface area contributed by atoms with Gasteiger partial charge in [-0.25, -0.2) is 4.98 Å². The van der Waals surface area contributed by atoms with Crippen LogP contribution < -0.4 is 5.32 Å². The Morgan fingerprint density at radius 1 is 1.48 bits per heavy atom. The third-order valence-corrected chi connectivity index (χ3v) is 2.73. The average Bonchev–Trinajstić information content (AvgIpc) is 2.46. The van der Waals surface area contributed by atoms with Crippen molar-refractivity contribution >= 4 is 28.4 Å². The van der Waals surface area contributed by atoms with Crippen LogP contribution in [0.4, 0.5) is 11.4 Å². The number of hydrogen-bond donors (Lipinski definition) is 1. The molecule has 8 heteroatoms. The van der Waals surface area contributed by atoms with E-state index < -0.39 is 4.92 Å². The van der Waals surface area contributed by atoms with E-state index in [1.54, 1.807) is 18.3 Å². The first-order chi connectivity index (χ1) is 10.1. The van der Waals surface area contributed by atoms with Gasteiger partial charge in [0.15, 0.2) is 0 Å². The van der Waals surface area contributed by atoms with Crippen molar-refractivity contribution in [3.8, 4) is 0 Å². The van der Waals surface area contributed by atoms with Crippen LogP contribution in [0.15, 0.2) is 24.5 Å². The molecule has 2 rings (SSSR count). The second-order valence-electron chi connectivity index (χ2n) is 4.27. The number of hydrogen-bond acceptors (Lipinski definition) is 7. The first kappa shape index (κ1) is 14.6. The van der Waals surface area contributed by atoms with E-state index in [4.69, 9.17) is 4.74 Å². The molecule has 21 heavy (non-hydrogen) atoms. The van der Waals surface area contributed by atoms with Gasteiger partial charge in [-0.1, -0.05) is 0 Å². The highest BCUT2D eigenvalue weighted by Crippen LogP contribution is 2.29. The molecule has 0 aliphatic rings. The largest absolute Gasteiger partial charge is 0.466 e. The van der Waals surface area contributed by atoms with Gasteiger partial charge in [0.05, 0.1) is 17.0 Å². The summed E-state index contributed by atoms with van der Waals surface area (Å²) in [5.41, 5.74) is 1.21. The van der Waals surface area contributed by atoms with Crippen LogP contribution in [-0.4, -0.2) is 34.0 Å². The smallest absolute Gasteiger partial charge is 0.312 e. The minimum atomic E-state index is -0.504.